The standard InChI is InChI=1S/C20H20ClF4N3O5/c21-14-3-2-12(6-15(14)22)30-9-17(29)26-11-1-4-16(31-8-11)19-28-27-18(33-19)13-5-10(13)7-32-20(23,24)25/h2-3,6,10-11,13,16H,1,4-5,7-9H2,(H,26,29)/t10-,11-,13+,16+/m0/s1. The number of alkyl halides is 3. The summed E-state index contributed by atoms with van der Waals surface area (Å²) in [5.74, 6) is -0.879. The van der Waals surface area contributed by atoms with E-state index in [4.69, 9.17) is 25.5 Å². The molecule has 0 radical (unpaired) electrons. The van der Waals surface area contributed by atoms with Crippen LogP contribution in [0.25, 0.3) is 0 Å². The Balaban J connectivity index is 1.18. The van der Waals surface area contributed by atoms with Crippen LogP contribution in [0.2, 0.25) is 5.02 Å². The number of aromatic nitrogens is 2. The highest BCUT2D eigenvalue weighted by Gasteiger charge is 2.45. The number of nitrogens with zero attached hydrogens (tertiary/aromatic N) is 2. The van der Waals surface area contributed by atoms with Crippen LogP contribution in [0.4, 0.5) is 17.6 Å². The van der Waals surface area contributed by atoms with Crippen LogP contribution in [0.5, 0.6) is 5.75 Å². The van der Waals surface area contributed by atoms with E-state index in [-0.39, 0.29) is 53.6 Å². The van der Waals surface area contributed by atoms with Crippen molar-refractivity contribution in [2.75, 3.05) is 19.8 Å². The van der Waals surface area contributed by atoms with Gasteiger partial charge in [0.05, 0.1) is 24.3 Å². The Morgan fingerprint density at radius 2 is 2.03 bits per heavy atom. The van der Waals surface area contributed by atoms with Crippen molar-refractivity contribution < 1.29 is 41.0 Å². The molecule has 33 heavy (non-hydrogen) atoms. The first-order chi connectivity index (χ1) is 15.7. The molecule has 1 amide bonds. The van der Waals surface area contributed by atoms with Crippen molar-refractivity contribution in [3.63, 3.8) is 0 Å². The average molecular weight is 494 g/mol. The molecule has 0 spiro atoms. The maximum atomic E-state index is 13.4. The Labute approximate surface area is 190 Å². The van der Waals surface area contributed by atoms with Crippen molar-refractivity contribution in [1.29, 1.82) is 0 Å². The van der Waals surface area contributed by atoms with Gasteiger partial charge in [0.2, 0.25) is 11.8 Å². The Kier molecular flexibility index (Phi) is 7.05. The maximum Gasteiger partial charge on any atom is 0.522 e. The lowest BCUT2D eigenvalue weighted by Gasteiger charge is -2.27. The molecule has 0 bridgehead atoms. The topological polar surface area (TPSA) is 95.7 Å². The van der Waals surface area contributed by atoms with Crippen LogP contribution < -0.4 is 10.1 Å². The third-order valence-corrected chi connectivity index (χ3v) is 5.64. The number of carbonyl (C=O) groups is 1. The number of hydrogen-bond donors (Lipinski definition) is 1. The second-order valence-corrected chi connectivity index (χ2v) is 8.27. The molecule has 1 saturated heterocycles. The van der Waals surface area contributed by atoms with Crippen LogP contribution in [0.1, 0.15) is 43.1 Å². The third kappa shape index (κ3) is 6.55. The molecule has 2 fully saturated rings. The second kappa shape index (κ2) is 9.82. The lowest BCUT2D eigenvalue weighted by molar-refractivity contribution is -0.326. The molecule has 0 unspecified atom stereocenters. The van der Waals surface area contributed by atoms with Gasteiger partial charge in [-0.05, 0) is 37.3 Å². The maximum absolute atomic E-state index is 13.4. The van der Waals surface area contributed by atoms with E-state index in [0.29, 0.717) is 19.3 Å². The van der Waals surface area contributed by atoms with E-state index in [1.165, 1.54) is 12.1 Å². The van der Waals surface area contributed by atoms with E-state index < -0.39 is 30.8 Å². The molecule has 1 saturated carbocycles. The minimum Gasteiger partial charge on any atom is -0.484 e. The van der Waals surface area contributed by atoms with Crippen LogP contribution in [-0.2, 0) is 14.3 Å². The summed E-state index contributed by atoms with van der Waals surface area (Å²) in [6, 6.07) is 3.63. The summed E-state index contributed by atoms with van der Waals surface area (Å²) in [6.45, 7) is -0.534. The zero-order chi connectivity index (χ0) is 23.6. The van der Waals surface area contributed by atoms with E-state index in [1.807, 2.05) is 0 Å². The quantitative estimate of drug-likeness (QED) is 0.557. The number of rotatable bonds is 8. The fourth-order valence-corrected chi connectivity index (χ4v) is 3.62. The molecular formula is C20H20ClF4N3O5. The van der Waals surface area contributed by atoms with E-state index in [9.17, 15) is 22.4 Å². The smallest absolute Gasteiger partial charge is 0.484 e. The van der Waals surface area contributed by atoms with Crippen molar-refractivity contribution in [3.8, 4) is 5.75 Å². The van der Waals surface area contributed by atoms with Gasteiger partial charge in [-0.3, -0.25) is 9.53 Å². The van der Waals surface area contributed by atoms with Crippen LogP contribution in [0.15, 0.2) is 22.6 Å². The summed E-state index contributed by atoms with van der Waals surface area (Å²) >= 11 is 5.60. The number of benzene rings is 1. The highest BCUT2D eigenvalue weighted by atomic mass is 35.5. The first-order valence-corrected chi connectivity index (χ1v) is 10.6. The largest absolute Gasteiger partial charge is 0.522 e. The SMILES string of the molecule is O=C(COc1ccc(Cl)c(F)c1)N[C@H]1CC[C@H](c2nnc([C@@H]3C[C@H]3COC(F)(F)F)o2)OC1. The van der Waals surface area contributed by atoms with Crippen LogP contribution >= 0.6 is 11.6 Å². The average Bonchev–Trinajstić information content (AvgIpc) is 3.39. The molecule has 4 rings (SSSR count). The van der Waals surface area contributed by atoms with Gasteiger partial charge in [-0.2, -0.15) is 0 Å². The molecule has 1 aromatic heterocycles. The molecular weight excluding hydrogens is 474 g/mol. The zero-order valence-corrected chi connectivity index (χ0v) is 17.9. The molecule has 180 valence electrons. The van der Waals surface area contributed by atoms with Gasteiger partial charge in [-0.1, -0.05) is 11.6 Å². The highest BCUT2D eigenvalue weighted by molar-refractivity contribution is 6.30. The lowest BCUT2D eigenvalue weighted by Crippen LogP contribution is -2.43. The summed E-state index contributed by atoms with van der Waals surface area (Å²) in [5.41, 5.74) is 0. The van der Waals surface area contributed by atoms with Gasteiger partial charge in [-0.15, -0.1) is 23.4 Å². The minimum atomic E-state index is -4.66. The van der Waals surface area contributed by atoms with Crippen LogP contribution in [0.3, 0.4) is 0 Å². The minimum absolute atomic E-state index is 0.0403. The molecule has 13 heteroatoms. The number of hydrogen-bond acceptors (Lipinski definition) is 7. The lowest BCUT2D eigenvalue weighted by atomic mass is 10.0. The van der Waals surface area contributed by atoms with Gasteiger partial charge in [0.25, 0.3) is 5.91 Å². The number of carbonyl (C=O) groups excluding carboxylic acids is 1. The van der Waals surface area contributed by atoms with Gasteiger partial charge in [0.1, 0.15) is 17.7 Å². The van der Waals surface area contributed by atoms with Crippen LogP contribution in [0, 0.1) is 11.7 Å². The van der Waals surface area contributed by atoms with E-state index in [1.54, 1.807) is 0 Å². The number of amides is 1. The Morgan fingerprint density at radius 1 is 1.24 bits per heavy atom. The van der Waals surface area contributed by atoms with Gasteiger partial charge >= 0.3 is 6.36 Å². The molecule has 4 atom stereocenters. The molecule has 2 aliphatic rings. The fourth-order valence-electron chi connectivity index (χ4n) is 3.51. The predicted molar refractivity (Wildman–Crippen MR) is 104 cm³/mol. The number of halogens is 5. The molecule has 1 aliphatic carbocycles. The van der Waals surface area contributed by atoms with Crippen molar-refractivity contribution >= 4 is 17.5 Å². The number of nitrogens with one attached hydrogen (secondary N) is 1. The Morgan fingerprint density at radius 3 is 2.73 bits per heavy atom. The van der Waals surface area contributed by atoms with E-state index in [0.717, 1.165) is 6.07 Å². The normalized spacial score (nSPS) is 25.0. The van der Waals surface area contributed by atoms with Gasteiger partial charge in [0, 0.05) is 12.0 Å². The monoisotopic (exact) mass is 493 g/mol. The summed E-state index contributed by atoms with van der Waals surface area (Å²) in [7, 11) is 0. The highest BCUT2D eigenvalue weighted by Crippen LogP contribution is 2.48. The summed E-state index contributed by atoms with van der Waals surface area (Å²) in [4.78, 5) is 12.1. The van der Waals surface area contributed by atoms with Gasteiger partial charge in [-0.25, -0.2) is 4.39 Å². The fraction of sp³-hybridized carbons (Fsp3) is 0.550. The molecule has 2 heterocycles. The van der Waals surface area contributed by atoms with Gasteiger partial charge < -0.3 is 19.2 Å². The first kappa shape index (κ1) is 23.7. The van der Waals surface area contributed by atoms with Crippen molar-refractivity contribution in [3.05, 3.63) is 40.8 Å². The molecule has 1 aromatic carbocycles. The van der Waals surface area contributed by atoms with E-state index >= 15 is 0 Å². The molecule has 2 aromatic rings. The third-order valence-electron chi connectivity index (χ3n) is 5.33. The van der Waals surface area contributed by atoms with Crippen molar-refractivity contribution in [2.45, 2.75) is 43.7 Å². The summed E-state index contributed by atoms with van der Waals surface area (Å²) in [5, 5.41) is 10.6. The molecule has 1 aliphatic heterocycles. The number of ether oxygens (including phenoxy) is 3. The van der Waals surface area contributed by atoms with E-state index in [2.05, 4.69) is 20.3 Å². The summed E-state index contributed by atoms with van der Waals surface area (Å²) < 4.78 is 70.2. The first-order valence-electron chi connectivity index (χ1n) is 10.2. The summed E-state index contributed by atoms with van der Waals surface area (Å²) in [6.07, 6.45) is -3.55. The second-order valence-electron chi connectivity index (χ2n) is 7.87. The van der Waals surface area contributed by atoms with Crippen molar-refractivity contribution in [2.24, 2.45) is 5.92 Å². The van der Waals surface area contributed by atoms with Crippen LogP contribution in [-0.4, -0.2) is 48.3 Å². The van der Waals surface area contributed by atoms with Gasteiger partial charge in [0.15, 0.2) is 6.61 Å². The Hall–Kier alpha value is -2.44. The zero-order valence-electron chi connectivity index (χ0n) is 17.1. The molecule has 8 nitrogen and oxygen atoms in total. The Bertz CT molecular complexity index is 981. The molecule has 1 N–H and O–H groups in total. The predicted octanol–water partition coefficient (Wildman–Crippen LogP) is 3.92. The van der Waals surface area contributed by atoms with Crippen molar-refractivity contribution in [1.82, 2.24) is 15.5 Å².